The van der Waals surface area contributed by atoms with Gasteiger partial charge in [-0.3, -0.25) is 0 Å². The van der Waals surface area contributed by atoms with Gasteiger partial charge in [0.2, 0.25) is 0 Å². The second-order valence-electron chi connectivity index (χ2n) is 15.1. The Morgan fingerprint density at radius 3 is 1.98 bits per heavy atom. The summed E-state index contributed by atoms with van der Waals surface area (Å²) in [7, 11) is 0. The third-order valence-electron chi connectivity index (χ3n) is 11.5. The standard InChI is InChI=1S/C32H54O20/c33-7-19-22(40)24(42)27(45)30(50-19)47-9-20-23(41)25(43)29(52-31-26(44)21(39)16(38)8-46-31)32(51-20)49-18-6-12-14(36)4-11(34)5-17(12)48-28(18)10-1-2-13(35)15(37)3-10/h10-45H,1-9H2/p+1/t10?,11?,12?,13?,14?,15?,16-,17?,18?,19-,20-,21+,22-,23+,24+,25+,26-,27-,28?,29-,30-,31+,32+/m1/s1. The molecule has 0 bridgehead atoms. The van der Waals surface area contributed by atoms with E-state index in [4.69, 9.17) is 33.2 Å². The van der Waals surface area contributed by atoms with Gasteiger partial charge < -0.3 is 99.5 Å². The van der Waals surface area contributed by atoms with Crippen LogP contribution in [0, 0.1) is 11.8 Å². The van der Waals surface area contributed by atoms with Crippen LogP contribution in [0.4, 0.5) is 0 Å². The maximum atomic E-state index is 11.4. The Bertz CT molecular complexity index is 1140. The quantitative estimate of drug-likeness (QED) is 0.0971. The molecule has 0 amide bonds. The van der Waals surface area contributed by atoms with Crippen LogP contribution in [0.1, 0.15) is 38.5 Å². The largest absolute Gasteiger partial charge is 0.427 e. The average Bonchev–Trinajstić information content (AvgIpc) is 3.11. The smallest absolute Gasteiger partial charge is 0.187 e. The van der Waals surface area contributed by atoms with Crippen molar-refractivity contribution in [2.24, 2.45) is 11.8 Å². The summed E-state index contributed by atoms with van der Waals surface area (Å²) in [6.07, 6.45) is -27.1. The van der Waals surface area contributed by atoms with Crippen LogP contribution < -0.4 is 0 Å². The van der Waals surface area contributed by atoms with Gasteiger partial charge in [-0.1, -0.05) is 0 Å². The van der Waals surface area contributed by atoms with Crippen molar-refractivity contribution in [1.82, 2.24) is 0 Å². The van der Waals surface area contributed by atoms with Gasteiger partial charge in [0.25, 0.3) is 0 Å². The molecule has 52 heavy (non-hydrogen) atoms. The molecule has 6 aliphatic rings. The SMILES string of the molecule is OC[C@H]1O[C@@H](OC[C@H]2O[C@H](OC3CC4C(O)CC(O)CC4[OH+]C3C3CCC(O)C(O)C3)[C@H](O[C@@H]3OC[C@@H](O)[C@H](O)[C@H]3O)[C@@H](O)[C@H]2O)[C@H](O)[C@@H](O)[C@@H]1O. The van der Waals surface area contributed by atoms with Gasteiger partial charge in [0.15, 0.2) is 31.1 Å². The molecule has 6 fully saturated rings. The zero-order valence-corrected chi connectivity index (χ0v) is 28.4. The number of fused-ring (bicyclic) bond motifs is 1. The Hall–Kier alpha value is -0.800. The number of ether oxygens (including phenoxy) is 7. The van der Waals surface area contributed by atoms with Gasteiger partial charge >= 0.3 is 0 Å². The van der Waals surface area contributed by atoms with E-state index in [9.17, 15) is 66.4 Å². The molecule has 20 heteroatoms. The summed E-state index contributed by atoms with van der Waals surface area (Å²) >= 11 is 0. The Morgan fingerprint density at radius 1 is 0.577 bits per heavy atom. The molecule has 20 nitrogen and oxygen atoms in total. The predicted octanol–water partition coefficient (Wildman–Crippen LogP) is -7.22. The third kappa shape index (κ3) is 8.47. The molecule has 2 saturated carbocycles. The molecule has 0 aromatic heterocycles. The highest BCUT2D eigenvalue weighted by atomic mass is 16.8. The summed E-state index contributed by atoms with van der Waals surface area (Å²) in [4.78, 5) is 0. The van der Waals surface area contributed by atoms with Gasteiger partial charge in [0, 0.05) is 18.8 Å². The van der Waals surface area contributed by atoms with Crippen molar-refractivity contribution in [3.8, 4) is 0 Å². The highest BCUT2D eigenvalue weighted by molar-refractivity contribution is 4.99. The van der Waals surface area contributed by atoms with Gasteiger partial charge in [0.05, 0.1) is 50.2 Å². The van der Waals surface area contributed by atoms with Crippen LogP contribution in [0.25, 0.3) is 0 Å². The van der Waals surface area contributed by atoms with Gasteiger partial charge in [-0.2, -0.15) is 0 Å². The number of rotatable bonds is 9. The van der Waals surface area contributed by atoms with Crippen LogP contribution >= 0.6 is 0 Å². The summed E-state index contributed by atoms with van der Waals surface area (Å²) in [5.74, 6) is -0.767. The maximum absolute atomic E-state index is 11.4. The minimum absolute atomic E-state index is 0.113. The van der Waals surface area contributed by atoms with Crippen LogP contribution in [0.5, 0.6) is 0 Å². The predicted molar refractivity (Wildman–Crippen MR) is 166 cm³/mol. The molecule has 4 heterocycles. The lowest BCUT2D eigenvalue weighted by Gasteiger charge is -2.49. The zero-order chi connectivity index (χ0) is 37.6. The van der Waals surface area contributed by atoms with E-state index in [0.29, 0.717) is 12.8 Å². The van der Waals surface area contributed by atoms with Gasteiger partial charge in [0.1, 0.15) is 73.2 Å². The number of hydrogen-bond acceptors (Lipinski definition) is 19. The number of hydrogen-bond donors (Lipinski definition) is 13. The fourth-order valence-electron chi connectivity index (χ4n) is 8.42. The van der Waals surface area contributed by atoms with Crippen molar-refractivity contribution in [2.45, 2.75) is 167 Å². The minimum Gasteiger partial charge on any atom is -0.427 e. The molecule has 23 atom stereocenters. The topological polar surface area (TPSA) is 331 Å². The average molecular weight is 760 g/mol. The Kier molecular flexibility index (Phi) is 13.5. The van der Waals surface area contributed by atoms with Crippen LogP contribution in [-0.2, 0) is 28.4 Å². The van der Waals surface area contributed by atoms with E-state index in [1.165, 1.54) is 0 Å². The molecule has 302 valence electrons. The highest BCUT2D eigenvalue weighted by Crippen LogP contribution is 2.42. The van der Waals surface area contributed by atoms with Crippen LogP contribution in [0.3, 0.4) is 0 Å². The lowest BCUT2D eigenvalue weighted by molar-refractivity contribution is -0.385. The molecule has 4 aliphatic heterocycles. The van der Waals surface area contributed by atoms with Gasteiger partial charge in [-0.15, -0.1) is 0 Å². The zero-order valence-electron chi connectivity index (χ0n) is 28.4. The summed E-state index contributed by atoms with van der Waals surface area (Å²) in [5, 5.41) is 136. The van der Waals surface area contributed by atoms with Crippen molar-refractivity contribution in [3.63, 3.8) is 0 Å². The second kappa shape index (κ2) is 17.1. The highest BCUT2D eigenvalue weighted by Gasteiger charge is 2.56. The molecule has 9 unspecified atom stereocenters. The van der Waals surface area contributed by atoms with Crippen LogP contribution in [0.15, 0.2) is 0 Å². The van der Waals surface area contributed by atoms with Gasteiger partial charge in [-0.25, -0.2) is 0 Å². The maximum Gasteiger partial charge on any atom is 0.187 e. The van der Waals surface area contributed by atoms with Gasteiger partial charge in [-0.05, 0) is 25.7 Å². The molecule has 6 rings (SSSR count). The molecule has 14 N–H and O–H groups in total. The fourth-order valence-corrected chi connectivity index (χ4v) is 8.42. The van der Waals surface area contributed by atoms with E-state index in [-0.39, 0.29) is 31.6 Å². The molecular formula is C32H55O20+. The number of aliphatic hydroxyl groups is 15. The molecule has 0 aromatic carbocycles. The van der Waals surface area contributed by atoms with Crippen molar-refractivity contribution in [2.75, 3.05) is 19.8 Å². The third-order valence-corrected chi connectivity index (χ3v) is 11.5. The summed E-state index contributed by atoms with van der Waals surface area (Å²) in [5.41, 5.74) is 0. The van der Waals surface area contributed by atoms with E-state index >= 15 is 0 Å². The fraction of sp³-hybridized carbons (Fsp3) is 1.00. The van der Waals surface area contributed by atoms with Crippen molar-refractivity contribution >= 4 is 0 Å². The van der Waals surface area contributed by atoms with E-state index < -0.39 is 154 Å². The van der Waals surface area contributed by atoms with E-state index in [2.05, 4.69) is 0 Å². The summed E-state index contributed by atoms with van der Waals surface area (Å²) in [6, 6.07) is 0. The molecule has 0 aromatic rings. The first-order valence-electron chi connectivity index (χ1n) is 18.0. The van der Waals surface area contributed by atoms with Crippen molar-refractivity contribution < 1.29 is 99.5 Å². The lowest BCUT2D eigenvalue weighted by atomic mass is 9.72. The first-order valence-corrected chi connectivity index (χ1v) is 18.0. The Morgan fingerprint density at radius 2 is 1.27 bits per heavy atom. The Balaban J connectivity index is 1.25. The summed E-state index contributed by atoms with van der Waals surface area (Å²) < 4.78 is 39.9. The van der Waals surface area contributed by atoms with Crippen LogP contribution in [0.2, 0.25) is 0 Å². The Labute approximate surface area is 298 Å². The molecule has 4 saturated heterocycles. The molecule has 0 radical (unpaired) electrons. The molecular weight excluding hydrogens is 704 g/mol. The monoisotopic (exact) mass is 759 g/mol. The van der Waals surface area contributed by atoms with Crippen molar-refractivity contribution in [3.05, 3.63) is 0 Å². The van der Waals surface area contributed by atoms with Crippen molar-refractivity contribution in [1.29, 1.82) is 0 Å². The normalized spacial score (nSPS) is 54.8. The van der Waals surface area contributed by atoms with Crippen LogP contribution in [-0.4, -0.2) is 220 Å². The van der Waals surface area contributed by atoms with E-state index in [1.807, 2.05) is 0 Å². The second-order valence-corrected chi connectivity index (χ2v) is 15.1. The first-order chi connectivity index (χ1) is 24.7. The molecule has 0 spiro atoms. The minimum atomic E-state index is -1.85. The number of aliphatic hydroxyl groups excluding tert-OH is 13. The van der Waals surface area contributed by atoms with E-state index in [1.54, 1.807) is 0 Å². The summed E-state index contributed by atoms with van der Waals surface area (Å²) in [6.45, 7) is -1.77. The van der Waals surface area contributed by atoms with E-state index in [0.717, 1.165) is 0 Å². The lowest BCUT2D eigenvalue weighted by Crippen LogP contribution is -2.65. The first kappa shape index (κ1) is 40.9. The molecule has 2 aliphatic carbocycles.